The molecule has 0 spiro atoms. The highest BCUT2D eigenvalue weighted by molar-refractivity contribution is 7.98. The zero-order chi connectivity index (χ0) is 12.0. The Balaban J connectivity index is 2.29. The van der Waals surface area contributed by atoms with Gasteiger partial charge in [0, 0.05) is 5.75 Å². The first-order chi connectivity index (χ1) is 7.53. The van der Waals surface area contributed by atoms with Gasteiger partial charge in [0.15, 0.2) is 0 Å². The van der Waals surface area contributed by atoms with Crippen LogP contribution in [0, 0.1) is 23.7 Å². The van der Waals surface area contributed by atoms with Crippen LogP contribution in [-0.2, 0) is 5.75 Å². The Kier molecular flexibility index (Phi) is 4.89. The Morgan fingerprint density at radius 1 is 1.38 bits per heavy atom. The van der Waals surface area contributed by atoms with E-state index in [1.165, 1.54) is 11.1 Å². The third-order valence-corrected chi connectivity index (χ3v) is 3.56. The molecule has 86 valence electrons. The number of thioether (sulfide) groups is 1. The van der Waals surface area contributed by atoms with Crippen LogP contribution in [0.15, 0.2) is 24.3 Å². The van der Waals surface area contributed by atoms with Gasteiger partial charge < -0.3 is 0 Å². The van der Waals surface area contributed by atoms with E-state index < -0.39 is 0 Å². The van der Waals surface area contributed by atoms with Crippen molar-refractivity contribution in [2.75, 3.05) is 5.75 Å². The zero-order valence-corrected chi connectivity index (χ0v) is 11.1. The first-order valence-corrected chi connectivity index (χ1v) is 6.73. The van der Waals surface area contributed by atoms with Gasteiger partial charge in [-0.05, 0) is 38.5 Å². The van der Waals surface area contributed by atoms with Gasteiger partial charge in [-0.25, -0.2) is 0 Å². The molecule has 0 heterocycles. The van der Waals surface area contributed by atoms with Crippen molar-refractivity contribution in [3.05, 3.63) is 35.4 Å². The van der Waals surface area contributed by atoms with Crippen molar-refractivity contribution in [3.8, 4) is 6.07 Å². The summed E-state index contributed by atoms with van der Waals surface area (Å²) in [4.78, 5) is 0. The summed E-state index contributed by atoms with van der Waals surface area (Å²) in [6, 6.07) is 10.9. The summed E-state index contributed by atoms with van der Waals surface area (Å²) < 4.78 is 0. The highest BCUT2D eigenvalue weighted by atomic mass is 32.2. The molecule has 0 radical (unpaired) electrons. The predicted molar refractivity (Wildman–Crippen MR) is 71.4 cm³/mol. The van der Waals surface area contributed by atoms with Crippen LogP contribution in [0.2, 0.25) is 0 Å². The molecule has 0 bridgehead atoms. The van der Waals surface area contributed by atoms with E-state index in [1.54, 1.807) is 0 Å². The van der Waals surface area contributed by atoms with Crippen LogP contribution < -0.4 is 0 Å². The maximum Gasteiger partial charge on any atom is 0.0684 e. The Bertz CT molecular complexity index is 377. The average molecular weight is 233 g/mol. The van der Waals surface area contributed by atoms with Gasteiger partial charge in [0.25, 0.3) is 0 Å². The van der Waals surface area contributed by atoms with Crippen LogP contribution in [0.5, 0.6) is 0 Å². The van der Waals surface area contributed by atoms with Crippen molar-refractivity contribution < 1.29 is 0 Å². The molecule has 16 heavy (non-hydrogen) atoms. The lowest BCUT2D eigenvalue weighted by Gasteiger charge is -2.14. The van der Waals surface area contributed by atoms with Gasteiger partial charge in [0.2, 0.25) is 0 Å². The lowest BCUT2D eigenvalue weighted by Crippen LogP contribution is -2.08. The zero-order valence-electron chi connectivity index (χ0n) is 10.3. The van der Waals surface area contributed by atoms with E-state index in [0.29, 0.717) is 0 Å². The third-order valence-electron chi connectivity index (χ3n) is 2.53. The molecule has 0 fully saturated rings. The van der Waals surface area contributed by atoms with Crippen molar-refractivity contribution >= 4 is 11.8 Å². The maximum atomic E-state index is 8.89. The normalized spacial score (nSPS) is 11.1. The number of rotatable bonds is 5. The minimum absolute atomic E-state index is 0.181. The maximum absolute atomic E-state index is 8.89. The van der Waals surface area contributed by atoms with E-state index in [2.05, 4.69) is 37.3 Å². The van der Waals surface area contributed by atoms with Crippen LogP contribution in [-0.4, -0.2) is 5.75 Å². The number of aryl methyl sites for hydroxylation is 1. The number of benzene rings is 1. The Morgan fingerprint density at radius 2 is 2.12 bits per heavy atom. The fourth-order valence-electron chi connectivity index (χ4n) is 1.38. The minimum Gasteiger partial charge on any atom is -0.198 e. The standard InChI is InChI=1S/C14H19NS/c1-12-5-4-6-13(9-12)10-16-8-7-14(2,3)11-15/h4-6,9H,7-8,10H2,1-3H3. The van der Waals surface area contributed by atoms with Crippen molar-refractivity contribution in [1.82, 2.24) is 0 Å². The summed E-state index contributed by atoms with van der Waals surface area (Å²) >= 11 is 1.91. The van der Waals surface area contributed by atoms with E-state index in [4.69, 9.17) is 5.26 Å². The molecule has 0 amide bonds. The molecule has 1 nitrogen and oxygen atoms in total. The summed E-state index contributed by atoms with van der Waals surface area (Å²) in [6.45, 7) is 6.12. The summed E-state index contributed by atoms with van der Waals surface area (Å²) in [6.07, 6.45) is 0.958. The highest BCUT2D eigenvalue weighted by Gasteiger charge is 2.15. The molecule has 2 heteroatoms. The second-order valence-electron chi connectivity index (χ2n) is 4.79. The Hall–Kier alpha value is -0.940. The largest absolute Gasteiger partial charge is 0.198 e. The SMILES string of the molecule is Cc1cccc(CSCCC(C)(C)C#N)c1. The Morgan fingerprint density at radius 3 is 2.75 bits per heavy atom. The van der Waals surface area contributed by atoms with Crippen molar-refractivity contribution in [3.63, 3.8) is 0 Å². The molecule has 0 aliphatic heterocycles. The summed E-state index contributed by atoms with van der Waals surface area (Å²) in [5.41, 5.74) is 2.51. The molecule has 1 aromatic rings. The van der Waals surface area contributed by atoms with E-state index in [0.717, 1.165) is 17.9 Å². The predicted octanol–water partition coefficient (Wildman–Crippen LogP) is 4.17. The van der Waals surface area contributed by atoms with Gasteiger partial charge in [-0.2, -0.15) is 17.0 Å². The van der Waals surface area contributed by atoms with Crippen LogP contribution >= 0.6 is 11.8 Å². The third kappa shape index (κ3) is 4.72. The molecule has 0 aromatic heterocycles. The average Bonchev–Trinajstić information content (AvgIpc) is 2.25. The van der Waals surface area contributed by atoms with E-state index >= 15 is 0 Å². The van der Waals surface area contributed by atoms with Gasteiger partial charge in [-0.1, -0.05) is 29.8 Å². The molecular weight excluding hydrogens is 214 g/mol. The minimum atomic E-state index is -0.181. The molecule has 0 N–H and O–H groups in total. The molecule has 1 rings (SSSR count). The first kappa shape index (κ1) is 13.1. The first-order valence-electron chi connectivity index (χ1n) is 5.58. The quantitative estimate of drug-likeness (QED) is 0.713. The van der Waals surface area contributed by atoms with Crippen molar-refractivity contribution in [2.24, 2.45) is 5.41 Å². The van der Waals surface area contributed by atoms with Crippen LogP contribution in [0.25, 0.3) is 0 Å². The van der Waals surface area contributed by atoms with Crippen molar-refractivity contribution in [2.45, 2.75) is 32.9 Å². The topological polar surface area (TPSA) is 23.8 Å². The lowest BCUT2D eigenvalue weighted by atomic mass is 9.93. The number of hydrogen-bond donors (Lipinski definition) is 0. The van der Waals surface area contributed by atoms with Gasteiger partial charge in [0.05, 0.1) is 11.5 Å². The van der Waals surface area contributed by atoms with Gasteiger partial charge in [0.1, 0.15) is 0 Å². The molecule has 0 unspecified atom stereocenters. The number of nitriles is 1. The molecule has 0 saturated heterocycles. The molecule has 0 aliphatic carbocycles. The summed E-state index contributed by atoms with van der Waals surface area (Å²) in [7, 11) is 0. The van der Waals surface area contributed by atoms with Gasteiger partial charge in [-0.15, -0.1) is 0 Å². The lowest BCUT2D eigenvalue weighted by molar-refractivity contribution is 0.482. The Labute approximate surface area is 103 Å². The second-order valence-corrected chi connectivity index (χ2v) is 5.89. The van der Waals surface area contributed by atoms with Crippen LogP contribution in [0.4, 0.5) is 0 Å². The van der Waals surface area contributed by atoms with E-state index in [1.807, 2.05) is 25.6 Å². The summed E-state index contributed by atoms with van der Waals surface area (Å²) in [5, 5.41) is 8.89. The summed E-state index contributed by atoms with van der Waals surface area (Å²) in [5.74, 6) is 2.09. The van der Waals surface area contributed by atoms with E-state index in [-0.39, 0.29) is 5.41 Å². The number of nitrogens with zero attached hydrogens (tertiary/aromatic N) is 1. The highest BCUT2D eigenvalue weighted by Crippen LogP contribution is 2.23. The van der Waals surface area contributed by atoms with Crippen LogP contribution in [0.3, 0.4) is 0 Å². The van der Waals surface area contributed by atoms with Gasteiger partial charge >= 0.3 is 0 Å². The molecule has 0 atom stereocenters. The molecular formula is C14H19NS. The monoisotopic (exact) mass is 233 g/mol. The van der Waals surface area contributed by atoms with Crippen molar-refractivity contribution in [1.29, 1.82) is 5.26 Å². The smallest absolute Gasteiger partial charge is 0.0684 e. The fourth-order valence-corrected chi connectivity index (χ4v) is 2.59. The molecule has 0 aliphatic rings. The van der Waals surface area contributed by atoms with Crippen LogP contribution in [0.1, 0.15) is 31.4 Å². The fraction of sp³-hybridized carbons (Fsp3) is 0.500. The molecule has 1 aromatic carbocycles. The molecule has 0 saturated carbocycles. The number of hydrogen-bond acceptors (Lipinski definition) is 2. The van der Waals surface area contributed by atoms with E-state index in [9.17, 15) is 0 Å². The van der Waals surface area contributed by atoms with Gasteiger partial charge in [-0.3, -0.25) is 0 Å². The second kappa shape index (κ2) is 5.96.